The largest absolute Gasteiger partial charge is 0.504 e. The molecule has 0 aliphatic heterocycles. The summed E-state index contributed by atoms with van der Waals surface area (Å²) in [5.74, 6) is -0.851. The lowest BCUT2D eigenvalue weighted by Crippen LogP contribution is -2.24. The monoisotopic (exact) mass is 388 g/mol. The highest BCUT2D eigenvalue weighted by molar-refractivity contribution is 6.43. The van der Waals surface area contributed by atoms with Gasteiger partial charge in [0.05, 0.1) is 21.3 Å². The Labute approximate surface area is 152 Å². The number of hydrazone groups is 1. The van der Waals surface area contributed by atoms with Crippen molar-refractivity contribution in [3.05, 3.63) is 51.0 Å². The minimum atomic E-state index is -0.531. The van der Waals surface area contributed by atoms with E-state index in [4.69, 9.17) is 39.5 Å². The van der Waals surface area contributed by atoms with E-state index in [1.165, 1.54) is 36.5 Å². The first kappa shape index (κ1) is 18.2. The first-order chi connectivity index (χ1) is 11.4. The zero-order chi connectivity index (χ0) is 17.7. The number of phenolic OH excluding ortho intramolecular Hbond substituents is 2. The van der Waals surface area contributed by atoms with E-state index in [2.05, 4.69) is 10.5 Å². The predicted octanol–water partition coefficient (Wildman–Crippen LogP) is 3.59. The number of hydrogen-bond donors (Lipinski definition) is 3. The molecule has 0 unspecified atom stereocenters. The molecule has 0 aliphatic carbocycles. The first-order valence-corrected chi connectivity index (χ1v) is 7.61. The van der Waals surface area contributed by atoms with Gasteiger partial charge in [-0.2, -0.15) is 5.10 Å². The summed E-state index contributed by atoms with van der Waals surface area (Å²) in [5, 5.41) is 23.0. The summed E-state index contributed by atoms with van der Waals surface area (Å²) in [6.45, 7) is -0.337. The number of carbonyl (C=O) groups is 1. The van der Waals surface area contributed by atoms with Crippen LogP contribution in [0.4, 0.5) is 0 Å². The molecule has 126 valence electrons. The molecule has 2 aromatic rings. The van der Waals surface area contributed by atoms with Crippen LogP contribution in [-0.4, -0.2) is 28.9 Å². The number of ether oxygens (including phenoxy) is 1. The molecule has 0 atom stereocenters. The maximum absolute atomic E-state index is 11.6. The van der Waals surface area contributed by atoms with Crippen molar-refractivity contribution in [2.24, 2.45) is 5.10 Å². The van der Waals surface area contributed by atoms with E-state index < -0.39 is 5.91 Å². The van der Waals surface area contributed by atoms with Crippen molar-refractivity contribution >= 4 is 46.9 Å². The highest BCUT2D eigenvalue weighted by Crippen LogP contribution is 2.33. The normalized spacial score (nSPS) is 10.8. The van der Waals surface area contributed by atoms with Crippen LogP contribution in [0, 0.1) is 0 Å². The van der Waals surface area contributed by atoms with E-state index in [-0.39, 0.29) is 38.9 Å². The fraction of sp³-hybridized carbons (Fsp3) is 0.0667. The van der Waals surface area contributed by atoms with Gasteiger partial charge in [0.2, 0.25) is 0 Å². The number of nitrogens with zero attached hydrogens (tertiary/aromatic N) is 1. The molecule has 3 N–H and O–H groups in total. The molecule has 1 amide bonds. The number of benzene rings is 2. The van der Waals surface area contributed by atoms with Crippen molar-refractivity contribution in [3.8, 4) is 17.2 Å². The third-order valence-corrected chi connectivity index (χ3v) is 3.75. The van der Waals surface area contributed by atoms with E-state index in [1.54, 1.807) is 0 Å². The van der Waals surface area contributed by atoms with Crippen molar-refractivity contribution < 1.29 is 19.7 Å². The number of nitrogens with one attached hydrogen (secondary N) is 1. The third-order valence-electron chi connectivity index (χ3n) is 2.74. The Kier molecular flexibility index (Phi) is 6.14. The van der Waals surface area contributed by atoms with Gasteiger partial charge in [0, 0.05) is 6.07 Å². The van der Waals surface area contributed by atoms with Gasteiger partial charge in [0.1, 0.15) is 5.75 Å². The molecule has 0 saturated heterocycles. The van der Waals surface area contributed by atoms with Crippen molar-refractivity contribution in [2.75, 3.05) is 6.61 Å². The van der Waals surface area contributed by atoms with Gasteiger partial charge < -0.3 is 14.9 Å². The van der Waals surface area contributed by atoms with E-state index in [0.29, 0.717) is 5.56 Å². The molecule has 0 aromatic heterocycles. The van der Waals surface area contributed by atoms with Crippen molar-refractivity contribution in [3.63, 3.8) is 0 Å². The van der Waals surface area contributed by atoms with Crippen LogP contribution in [0.1, 0.15) is 5.56 Å². The molecule has 24 heavy (non-hydrogen) atoms. The smallest absolute Gasteiger partial charge is 0.277 e. The van der Waals surface area contributed by atoms with Crippen LogP contribution < -0.4 is 10.2 Å². The van der Waals surface area contributed by atoms with E-state index >= 15 is 0 Å². The number of rotatable bonds is 5. The summed E-state index contributed by atoms with van der Waals surface area (Å²) < 4.78 is 5.24. The molecule has 0 saturated carbocycles. The first-order valence-electron chi connectivity index (χ1n) is 6.48. The molecular formula is C15H11Cl3N2O4. The highest BCUT2D eigenvalue weighted by atomic mass is 35.5. The fourth-order valence-corrected chi connectivity index (χ4v) is 2.18. The number of carbonyl (C=O) groups excluding carboxylic acids is 1. The van der Waals surface area contributed by atoms with Gasteiger partial charge in [-0.25, -0.2) is 5.43 Å². The summed E-state index contributed by atoms with van der Waals surface area (Å²) in [4.78, 5) is 11.6. The SMILES string of the molecule is O=C(COc1cc(Cl)c(Cl)cc1Cl)NN=Cc1ccc(O)c(O)c1. The van der Waals surface area contributed by atoms with Gasteiger partial charge in [0.25, 0.3) is 5.91 Å². The zero-order valence-corrected chi connectivity index (χ0v) is 14.2. The number of halogens is 3. The lowest BCUT2D eigenvalue weighted by atomic mass is 10.2. The van der Waals surface area contributed by atoms with Crippen molar-refractivity contribution in [1.82, 2.24) is 5.43 Å². The predicted molar refractivity (Wildman–Crippen MR) is 92.5 cm³/mol. The zero-order valence-electron chi connectivity index (χ0n) is 12.0. The molecular weight excluding hydrogens is 379 g/mol. The molecule has 0 radical (unpaired) electrons. The molecule has 2 aromatic carbocycles. The van der Waals surface area contributed by atoms with Crippen LogP contribution in [0.2, 0.25) is 15.1 Å². The molecule has 0 bridgehead atoms. The number of aromatic hydroxyl groups is 2. The fourth-order valence-electron chi connectivity index (χ4n) is 1.59. The Morgan fingerprint density at radius 2 is 1.79 bits per heavy atom. The number of amides is 1. The van der Waals surface area contributed by atoms with Gasteiger partial charge in [0.15, 0.2) is 18.1 Å². The van der Waals surface area contributed by atoms with E-state index in [9.17, 15) is 15.0 Å². The maximum Gasteiger partial charge on any atom is 0.277 e. The second-order valence-electron chi connectivity index (χ2n) is 4.53. The Morgan fingerprint density at radius 1 is 1.08 bits per heavy atom. The van der Waals surface area contributed by atoms with Crippen LogP contribution in [0.25, 0.3) is 0 Å². The Morgan fingerprint density at radius 3 is 2.50 bits per heavy atom. The topological polar surface area (TPSA) is 91.2 Å². The van der Waals surface area contributed by atoms with Gasteiger partial charge in [-0.05, 0) is 29.8 Å². The Hall–Kier alpha value is -2.15. The summed E-state index contributed by atoms with van der Waals surface area (Å²) in [7, 11) is 0. The van der Waals surface area contributed by atoms with E-state index in [0.717, 1.165) is 0 Å². The molecule has 9 heteroatoms. The van der Waals surface area contributed by atoms with Crippen LogP contribution in [0.3, 0.4) is 0 Å². The molecule has 0 spiro atoms. The molecule has 0 fully saturated rings. The highest BCUT2D eigenvalue weighted by Gasteiger charge is 2.09. The van der Waals surface area contributed by atoms with Crippen LogP contribution >= 0.6 is 34.8 Å². The van der Waals surface area contributed by atoms with Crippen molar-refractivity contribution in [2.45, 2.75) is 0 Å². The van der Waals surface area contributed by atoms with Gasteiger partial charge in [-0.1, -0.05) is 34.8 Å². The molecule has 6 nitrogen and oxygen atoms in total. The Bertz CT molecular complexity index is 797. The summed E-state index contributed by atoms with van der Waals surface area (Å²) in [5.41, 5.74) is 2.73. The third kappa shape index (κ3) is 4.92. The minimum absolute atomic E-state index is 0.216. The van der Waals surface area contributed by atoms with Crippen LogP contribution in [0.5, 0.6) is 17.2 Å². The summed E-state index contributed by atoms with van der Waals surface area (Å²) in [6, 6.07) is 6.91. The number of hydrogen-bond acceptors (Lipinski definition) is 5. The lowest BCUT2D eigenvalue weighted by Gasteiger charge is -2.08. The molecule has 2 rings (SSSR count). The van der Waals surface area contributed by atoms with Gasteiger partial charge in [-0.3, -0.25) is 4.79 Å². The quantitative estimate of drug-likeness (QED) is 0.315. The lowest BCUT2D eigenvalue weighted by molar-refractivity contribution is -0.123. The molecule has 0 aliphatic rings. The van der Waals surface area contributed by atoms with Gasteiger partial charge >= 0.3 is 0 Å². The van der Waals surface area contributed by atoms with E-state index in [1.807, 2.05) is 0 Å². The second-order valence-corrected chi connectivity index (χ2v) is 5.75. The standard InChI is InChI=1S/C15H11Cl3N2O4/c16-9-4-11(18)14(5-10(9)17)24-7-15(23)20-19-6-8-1-2-12(21)13(22)3-8/h1-6,21-22H,7H2,(H,20,23). The Balaban J connectivity index is 1.88. The van der Waals surface area contributed by atoms with Crippen LogP contribution in [0.15, 0.2) is 35.4 Å². The van der Waals surface area contributed by atoms with Gasteiger partial charge in [-0.15, -0.1) is 0 Å². The summed E-state index contributed by atoms with van der Waals surface area (Å²) >= 11 is 17.6. The minimum Gasteiger partial charge on any atom is -0.504 e. The van der Waals surface area contributed by atoms with Crippen molar-refractivity contribution in [1.29, 1.82) is 0 Å². The maximum atomic E-state index is 11.6. The molecule has 0 heterocycles. The average Bonchev–Trinajstić information content (AvgIpc) is 2.53. The number of phenols is 2. The average molecular weight is 390 g/mol. The second kappa shape index (κ2) is 8.10. The van der Waals surface area contributed by atoms with Crippen LogP contribution in [-0.2, 0) is 4.79 Å². The summed E-state index contributed by atoms with van der Waals surface area (Å²) in [6.07, 6.45) is 1.29.